The fourth-order valence-corrected chi connectivity index (χ4v) is 2.14. The minimum Gasteiger partial charge on any atom is -0.495 e. The second kappa shape index (κ2) is 5.37. The van der Waals surface area contributed by atoms with Gasteiger partial charge in [0.05, 0.1) is 17.7 Å². The van der Waals surface area contributed by atoms with E-state index < -0.39 is 10.1 Å². The Morgan fingerprint density at radius 1 is 1.29 bits per heavy atom. The molecule has 0 fully saturated rings. The number of benzene rings is 1. The van der Waals surface area contributed by atoms with E-state index in [4.69, 9.17) is 9.29 Å². The minimum atomic E-state index is -4.18. The lowest BCUT2D eigenvalue weighted by Gasteiger charge is -2.23. The van der Waals surface area contributed by atoms with Crippen molar-refractivity contribution in [1.82, 2.24) is 0 Å². The third-order valence-corrected chi connectivity index (χ3v) is 3.40. The van der Waals surface area contributed by atoms with Crippen LogP contribution in [0.15, 0.2) is 23.1 Å². The summed E-state index contributed by atoms with van der Waals surface area (Å²) in [6, 6.07) is 4.28. The maximum Gasteiger partial charge on any atom is 0.294 e. The molecule has 0 saturated heterocycles. The summed E-state index contributed by atoms with van der Waals surface area (Å²) in [6.07, 6.45) is 0. The van der Waals surface area contributed by atoms with Crippen LogP contribution in [0.1, 0.15) is 13.8 Å². The Kier molecular flexibility index (Phi) is 4.36. The van der Waals surface area contributed by atoms with Gasteiger partial charge < -0.3 is 9.64 Å². The monoisotopic (exact) mass is 259 g/mol. The number of hydrogen-bond acceptors (Lipinski definition) is 4. The summed E-state index contributed by atoms with van der Waals surface area (Å²) in [5.41, 5.74) is 0.660. The average molecular weight is 259 g/mol. The van der Waals surface area contributed by atoms with Gasteiger partial charge in [0.25, 0.3) is 10.1 Å². The van der Waals surface area contributed by atoms with Crippen molar-refractivity contribution in [2.45, 2.75) is 18.7 Å². The number of methoxy groups -OCH3 is 1. The predicted molar refractivity (Wildman–Crippen MR) is 66.4 cm³/mol. The largest absolute Gasteiger partial charge is 0.495 e. The molecular weight excluding hydrogens is 242 g/mol. The molecule has 0 aliphatic heterocycles. The number of rotatable bonds is 5. The maximum absolute atomic E-state index is 11.1. The van der Waals surface area contributed by atoms with E-state index in [9.17, 15) is 8.42 Å². The molecule has 0 atom stereocenters. The molecule has 0 aliphatic carbocycles. The van der Waals surface area contributed by atoms with Crippen LogP contribution in [0.4, 0.5) is 5.69 Å². The maximum atomic E-state index is 11.1. The summed E-state index contributed by atoms with van der Waals surface area (Å²) in [7, 11) is -2.66. The van der Waals surface area contributed by atoms with Gasteiger partial charge in [0.15, 0.2) is 0 Å². The molecule has 0 unspecified atom stereocenters. The lowest BCUT2D eigenvalue weighted by molar-refractivity contribution is 0.414. The van der Waals surface area contributed by atoms with Crippen molar-refractivity contribution in [3.8, 4) is 5.75 Å². The van der Waals surface area contributed by atoms with E-state index in [1.807, 2.05) is 18.7 Å². The Morgan fingerprint density at radius 3 is 2.29 bits per heavy atom. The molecule has 1 N–H and O–H groups in total. The van der Waals surface area contributed by atoms with E-state index in [2.05, 4.69) is 0 Å². The zero-order valence-electron chi connectivity index (χ0n) is 10.2. The van der Waals surface area contributed by atoms with Crippen LogP contribution in [0.25, 0.3) is 0 Å². The molecule has 0 amide bonds. The lowest BCUT2D eigenvalue weighted by atomic mass is 10.2. The molecule has 1 rings (SSSR count). The highest BCUT2D eigenvalue weighted by Crippen LogP contribution is 2.30. The number of nitrogens with zero attached hydrogens (tertiary/aromatic N) is 1. The fraction of sp³-hybridized carbons (Fsp3) is 0.455. The molecule has 0 aliphatic rings. The van der Waals surface area contributed by atoms with E-state index in [1.54, 1.807) is 0 Å². The topological polar surface area (TPSA) is 66.8 Å². The minimum absolute atomic E-state index is 0.125. The number of anilines is 1. The highest BCUT2D eigenvalue weighted by atomic mass is 32.2. The molecular formula is C11H17NO4S. The van der Waals surface area contributed by atoms with E-state index >= 15 is 0 Å². The van der Waals surface area contributed by atoms with Crippen LogP contribution < -0.4 is 9.64 Å². The molecule has 6 heteroatoms. The van der Waals surface area contributed by atoms with E-state index in [0.29, 0.717) is 11.4 Å². The van der Waals surface area contributed by atoms with Crippen LogP contribution in [-0.2, 0) is 10.1 Å². The zero-order valence-corrected chi connectivity index (χ0v) is 11.0. The van der Waals surface area contributed by atoms with Crippen LogP contribution in [0.2, 0.25) is 0 Å². The Morgan fingerprint density at radius 2 is 1.88 bits per heavy atom. The third-order valence-electron chi connectivity index (χ3n) is 2.55. The summed E-state index contributed by atoms with van der Waals surface area (Å²) in [4.78, 5) is 1.83. The lowest BCUT2D eigenvalue weighted by Crippen LogP contribution is -2.22. The summed E-state index contributed by atoms with van der Waals surface area (Å²) < 4.78 is 36.4. The molecule has 0 aromatic heterocycles. The standard InChI is InChI=1S/C11H17NO4S/c1-4-12(5-2)10-8-9(17(13,14)15)6-7-11(10)16-3/h6-8H,4-5H2,1-3H3,(H,13,14,15). The van der Waals surface area contributed by atoms with Crippen molar-refractivity contribution in [3.05, 3.63) is 18.2 Å². The highest BCUT2D eigenvalue weighted by Gasteiger charge is 2.15. The van der Waals surface area contributed by atoms with Gasteiger partial charge in [-0.3, -0.25) is 4.55 Å². The molecule has 0 radical (unpaired) electrons. The average Bonchev–Trinajstić information content (AvgIpc) is 2.29. The van der Waals surface area contributed by atoms with Gasteiger partial charge in [0, 0.05) is 13.1 Å². The van der Waals surface area contributed by atoms with Crippen molar-refractivity contribution < 1.29 is 17.7 Å². The molecule has 0 saturated carbocycles. The van der Waals surface area contributed by atoms with E-state index in [1.165, 1.54) is 25.3 Å². The Hall–Kier alpha value is -1.27. The number of ether oxygens (including phenoxy) is 1. The van der Waals surface area contributed by atoms with Crippen molar-refractivity contribution in [2.24, 2.45) is 0 Å². The molecule has 1 aromatic rings. The van der Waals surface area contributed by atoms with Gasteiger partial charge in [-0.1, -0.05) is 0 Å². The van der Waals surface area contributed by atoms with E-state index in [-0.39, 0.29) is 4.90 Å². The Balaban J connectivity index is 3.34. The van der Waals surface area contributed by atoms with Crippen LogP contribution in [0.5, 0.6) is 5.75 Å². The van der Waals surface area contributed by atoms with Gasteiger partial charge >= 0.3 is 0 Å². The molecule has 0 heterocycles. The van der Waals surface area contributed by atoms with Gasteiger partial charge in [-0.15, -0.1) is 0 Å². The smallest absolute Gasteiger partial charge is 0.294 e. The van der Waals surface area contributed by atoms with Gasteiger partial charge in [0.2, 0.25) is 0 Å². The Labute approximate surface area is 102 Å². The van der Waals surface area contributed by atoms with Crippen molar-refractivity contribution in [1.29, 1.82) is 0 Å². The molecule has 0 spiro atoms. The van der Waals surface area contributed by atoms with Gasteiger partial charge in [0.1, 0.15) is 5.75 Å². The van der Waals surface area contributed by atoms with Gasteiger partial charge in [-0.05, 0) is 32.0 Å². The van der Waals surface area contributed by atoms with E-state index in [0.717, 1.165) is 13.1 Å². The zero-order chi connectivity index (χ0) is 13.1. The molecule has 17 heavy (non-hydrogen) atoms. The second-order valence-electron chi connectivity index (χ2n) is 3.48. The summed E-state index contributed by atoms with van der Waals surface area (Å²) in [6.45, 7) is 5.37. The molecule has 0 bridgehead atoms. The van der Waals surface area contributed by atoms with Crippen molar-refractivity contribution >= 4 is 15.8 Å². The summed E-state index contributed by atoms with van der Waals surface area (Å²) >= 11 is 0. The quantitative estimate of drug-likeness (QED) is 0.816. The number of hydrogen-bond donors (Lipinski definition) is 1. The van der Waals surface area contributed by atoms with Crippen molar-refractivity contribution in [2.75, 3.05) is 25.1 Å². The normalized spacial score (nSPS) is 11.3. The predicted octanol–water partition coefficient (Wildman–Crippen LogP) is 1.79. The summed E-state index contributed by atoms with van der Waals surface area (Å²) in [5, 5.41) is 0. The first-order valence-electron chi connectivity index (χ1n) is 5.34. The third kappa shape index (κ3) is 3.10. The first kappa shape index (κ1) is 13.8. The van der Waals surface area contributed by atoms with Crippen LogP contribution in [0.3, 0.4) is 0 Å². The van der Waals surface area contributed by atoms with Gasteiger partial charge in [-0.25, -0.2) is 0 Å². The first-order chi connectivity index (χ1) is 7.93. The summed E-state index contributed by atoms with van der Waals surface area (Å²) in [5.74, 6) is 0.584. The molecule has 5 nitrogen and oxygen atoms in total. The van der Waals surface area contributed by atoms with Crippen LogP contribution >= 0.6 is 0 Å². The first-order valence-corrected chi connectivity index (χ1v) is 6.78. The fourth-order valence-electron chi connectivity index (χ4n) is 1.64. The van der Waals surface area contributed by atoms with Crippen LogP contribution in [0, 0.1) is 0 Å². The molecule has 1 aromatic carbocycles. The Bertz CT molecular complexity index is 480. The van der Waals surface area contributed by atoms with Crippen LogP contribution in [-0.4, -0.2) is 33.2 Å². The molecule has 96 valence electrons. The highest BCUT2D eigenvalue weighted by molar-refractivity contribution is 7.85. The SMILES string of the molecule is CCN(CC)c1cc(S(=O)(=O)O)ccc1OC. The van der Waals surface area contributed by atoms with Gasteiger partial charge in [-0.2, -0.15) is 8.42 Å². The van der Waals surface area contributed by atoms with Crippen molar-refractivity contribution in [3.63, 3.8) is 0 Å². The second-order valence-corrected chi connectivity index (χ2v) is 4.90.